The summed E-state index contributed by atoms with van der Waals surface area (Å²) in [5.41, 5.74) is 1.12. The molecule has 0 N–H and O–H groups in total. The first kappa shape index (κ1) is 19.5. The van der Waals surface area contributed by atoms with Crippen molar-refractivity contribution in [3.8, 4) is 0 Å². The molecule has 2 saturated heterocycles. The largest absolute Gasteiger partial charge is 0.383 e. The number of carbonyl (C=O) groups excluding carboxylic acids is 1. The van der Waals surface area contributed by atoms with Crippen LogP contribution in [0.3, 0.4) is 0 Å². The topological polar surface area (TPSA) is 37.7 Å². The van der Waals surface area contributed by atoms with Crippen molar-refractivity contribution in [3.05, 3.63) is 36.5 Å². The first-order chi connectivity index (χ1) is 13.8. The molecular formula is C23H33N3O2. The lowest BCUT2D eigenvalue weighted by atomic mass is 9.83. The molecule has 0 spiro atoms. The van der Waals surface area contributed by atoms with E-state index in [9.17, 15) is 4.79 Å². The molecule has 0 radical (unpaired) electrons. The number of hydrogen-bond acceptors (Lipinski definition) is 3. The molecule has 1 amide bonds. The molecule has 0 unspecified atom stereocenters. The van der Waals surface area contributed by atoms with Gasteiger partial charge in [0.1, 0.15) is 6.54 Å². The average Bonchev–Trinajstić information content (AvgIpc) is 3.14. The number of para-hydroxylation sites is 1. The van der Waals surface area contributed by atoms with Gasteiger partial charge in [0.25, 0.3) is 0 Å². The van der Waals surface area contributed by atoms with Crippen molar-refractivity contribution in [2.45, 2.75) is 44.7 Å². The summed E-state index contributed by atoms with van der Waals surface area (Å²) in [6.07, 6.45) is 8.48. The van der Waals surface area contributed by atoms with Crippen LogP contribution in [-0.4, -0.2) is 66.2 Å². The van der Waals surface area contributed by atoms with Crippen LogP contribution in [0.4, 0.5) is 0 Å². The minimum atomic E-state index is 0.200. The predicted octanol–water partition coefficient (Wildman–Crippen LogP) is 3.38. The van der Waals surface area contributed by atoms with Gasteiger partial charge in [-0.15, -0.1) is 0 Å². The number of hydrogen-bond donors (Lipinski definition) is 0. The number of carbonyl (C=O) groups is 1. The third kappa shape index (κ3) is 4.26. The van der Waals surface area contributed by atoms with Crippen LogP contribution in [0.15, 0.2) is 36.5 Å². The van der Waals surface area contributed by atoms with Crippen LogP contribution >= 0.6 is 0 Å². The van der Waals surface area contributed by atoms with E-state index in [1.165, 1.54) is 50.6 Å². The summed E-state index contributed by atoms with van der Waals surface area (Å²) in [5.74, 6) is 0.794. The van der Waals surface area contributed by atoms with E-state index in [0.29, 0.717) is 31.7 Å². The fourth-order valence-electron chi connectivity index (χ4n) is 5.12. The number of benzene rings is 1. The van der Waals surface area contributed by atoms with E-state index in [4.69, 9.17) is 4.74 Å². The van der Waals surface area contributed by atoms with Gasteiger partial charge in [-0.3, -0.25) is 4.79 Å². The molecule has 28 heavy (non-hydrogen) atoms. The van der Waals surface area contributed by atoms with E-state index in [1.807, 2.05) is 18.3 Å². The summed E-state index contributed by atoms with van der Waals surface area (Å²) in [6, 6.07) is 11.0. The van der Waals surface area contributed by atoms with Crippen LogP contribution in [0.25, 0.3) is 10.9 Å². The smallest absolute Gasteiger partial charge is 0.242 e. The van der Waals surface area contributed by atoms with Gasteiger partial charge >= 0.3 is 0 Å². The van der Waals surface area contributed by atoms with Crippen LogP contribution in [0.2, 0.25) is 0 Å². The van der Waals surface area contributed by atoms with Crippen LogP contribution in [0.1, 0.15) is 32.1 Å². The Kier molecular flexibility index (Phi) is 6.33. The second-order valence-corrected chi connectivity index (χ2v) is 8.34. The zero-order valence-electron chi connectivity index (χ0n) is 17.1. The molecule has 0 bridgehead atoms. The summed E-state index contributed by atoms with van der Waals surface area (Å²) in [7, 11) is 1.71. The summed E-state index contributed by atoms with van der Waals surface area (Å²) >= 11 is 0. The number of methoxy groups -OCH3 is 1. The Bertz CT molecular complexity index is 785. The lowest BCUT2D eigenvalue weighted by Crippen LogP contribution is -2.52. The van der Waals surface area contributed by atoms with E-state index in [2.05, 4.69) is 32.6 Å². The van der Waals surface area contributed by atoms with Crippen molar-refractivity contribution in [1.29, 1.82) is 0 Å². The maximum Gasteiger partial charge on any atom is 0.242 e. The Balaban J connectivity index is 1.46. The Morgan fingerprint density at radius 1 is 1.14 bits per heavy atom. The third-order valence-corrected chi connectivity index (χ3v) is 6.59. The Hall–Kier alpha value is -1.85. The number of rotatable bonds is 7. The van der Waals surface area contributed by atoms with Gasteiger partial charge in [-0.1, -0.05) is 24.6 Å². The molecule has 152 valence electrons. The van der Waals surface area contributed by atoms with E-state index in [0.717, 1.165) is 12.1 Å². The van der Waals surface area contributed by atoms with Crippen LogP contribution in [0, 0.1) is 5.92 Å². The van der Waals surface area contributed by atoms with Gasteiger partial charge in [-0.25, -0.2) is 0 Å². The van der Waals surface area contributed by atoms with Crippen molar-refractivity contribution in [3.63, 3.8) is 0 Å². The molecule has 5 heteroatoms. The fraction of sp³-hybridized carbons (Fsp3) is 0.609. The van der Waals surface area contributed by atoms with Crippen molar-refractivity contribution < 1.29 is 9.53 Å². The van der Waals surface area contributed by atoms with Crippen molar-refractivity contribution >= 4 is 16.8 Å². The number of ether oxygens (including phenoxy) is 1. The van der Waals surface area contributed by atoms with Crippen molar-refractivity contribution in [2.75, 3.05) is 39.9 Å². The zero-order chi connectivity index (χ0) is 19.3. The zero-order valence-corrected chi connectivity index (χ0v) is 17.1. The highest BCUT2D eigenvalue weighted by molar-refractivity contribution is 5.83. The van der Waals surface area contributed by atoms with Crippen LogP contribution in [0.5, 0.6) is 0 Å². The molecule has 1 aromatic carbocycles. The van der Waals surface area contributed by atoms with Crippen molar-refractivity contribution in [2.24, 2.45) is 5.92 Å². The SMILES string of the molecule is COCCN(C[C@@H]1CCCN2CCCC[C@H]12)C(=O)Cn1ccc2ccccc21. The summed E-state index contributed by atoms with van der Waals surface area (Å²) in [6.45, 7) is 5.02. The third-order valence-electron chi connectivity index (χ3n) is 6.59. The summed E-state index contributed by atoms with van der Waals surface area (Å²) in [5, 5.41) is 1.18. The highest BCUT2D eigenvalue weighted by Crippen LogP contribution is 2.31. The van der Waals surface area contributed by atoms with E-state index >= 15 is 0 Å². The molecular weight excluding hydrogens is 350 g/mol. The van der Waals surface area contributed by atoms with Gasteiger partial charge in [0, 0.05) is 38.0 Å². The van der Waals surface area contributed by atoms with Crippen LogP contribution in [-0.2, 0) is 16.1 Å². The predicted molar refractivity (Wildman–Crippen MR) is 112 cm³/mol. The number of aromatic nitrogens is 1. The molecule has 2 aromatic rings. The first-order valence-electron chi connectivity index (χ1n) is 10.8. The Morgan fingerprint density at radius 2 is 2.00 bits per heavy atom. The van der Waals surface area contributed by atoms with Gasteiger partial charge in [-0.05, 0) is 62.2 Å². The molecule has 2 fully saturated rings. The minimum absolute atomic E-state index is 0.200. The maximum atomic E-state index is 13.2. The number of fused-ring (bicyclic) bond motifs is 2. The number of nitrogens with zero attached hydrogens (tertiary/aromatic N) is 3. The van der Waals surface area contributed by atoms with Crippen LogP contribution < -0.4 is 0 Å². The average molecular weight is 384 g/mol. The monoisotopic (exact) mass is 383 g/mol. The second kappa shape index (κ2) is 9.10. The molecule has 2 atom stereocenters. The van der Waals surface area contributed by atoms with Gasteiger partial charge in [0.2, 0.25) is 5.91 Å². The van der Waals surface area contributed by atoms with Gasteiger partial charge in [-0.2, -0.15) is 0 Å². The Morgan fingerprint density at radius 3 is 2.89 bits per heavy atom. The lowest BCUT2D eigenvalue weighted by molar-refractivity contribution is -0.133. The number of piperidine rings is 2. The van der Waals surface area contributed by atoms with Gasteiger partial charge < -0.3 is 19.1 Å². The van der Waals surface area contributed by atoms with Crippen molar-refractivity contribution in [1.82, 2.24) is 14.4 Å². The van der Waals surface area contributed by atoms with E-state index < -0.39 is 0 Å². The molecule has 2 aliphatic heterocycles. The van der Waals surface area contributed by atoms with Gasteiger partial charge in [0.15, 0.2) is 0 Å². The molecule has 3 heterocycles. The summed E-state index contributed by atoms with van der Waals surface area (Å²) < 4.78 is 7.39. The molecule has 0 aliphatic carbocycles. The van der Waals surface area contributed by atoms with E-state index in [-0.39, 0.29) is 5.91 Å². The lowest BCUT2D eigenvalue weighted by Gasteiger charge is -2.45. The maximum absolute atomic E-state index is 13.2. The molecule has 4 rings (SSSR count). The second-order valence-electron chi connectivity index (χ2n) is 8.34. The molecule has 2 aliphatic rings. The normalized spacial score (nSPS) is 22.9. The molecule has 1 aromatic heterocycles. The Labute approximate surface area is 168 Å². The minimum Gasteiger partial charge on any atom is -0.383 e. The summed E-state index contributed by atoms with van der Waals surface area (Å²) in [4.78, 5) is 18.0. The number of amides is 1. The standard InChI is InChI=1S/C23H33N3O2/c1-28-16-15-26(17-20-8-6-13-24-12-5-4-10-22(20)24)23(27)18-25-14-11-19-7-2-3-9-21(19)25/h2-3,7,9,11,14,20,22H,4-6,8,10,12-13,15-18H2,1H3/t20-,22+/m0/s1. The fourth-order valence-corrected chi connectivity index (χ4v) is 5.12. The molecule has 0 saturated carbocycles. The van der Waals surface area contributed by atoms with E-state index in [1.54, 1.807) is 7.11 Å². The highest BCUT2D eigenvalue weighted by Gasteiger charge is 2.34. The first-order valence-corrected chi connectivity index (χ1v) is 10.8. The van der Waals surface area contributed by atoms with Gasteiger partial charge in [0.05, 0.1) is 6.61 Å². The quantitative estimate of drug-likeness (QED) is 0.736. The molecule has 5 nitrogen and oxygen atoms in total. The highest BCUT2D eigenvalue weighted by atomic mass is 16.5.